The SMILES string of the molecule is C=CN[C@H]1CCC[C@@H]1OC. The number of methoxy groups -OCH3 is 1. The van der Waals surface area contributed by atoms with Crippen molar-refractivity contribution < 1.29 is 4.74 Å². The third-order valence-electron chi connectivity index (χ3n) is 2.09. The van der Waals surface area contributed by atoms with Crippen molar-refractivity contribution >= 4 is 0 Å². The summed E-state index contributed by atoms with van der Waals surface area (Å²) in [5, 5.41) is 3.18. The van der Waals surface area contributed by atoms with Crippen molar-refractivity contribution in [3.8, 4) is 0 Å². The molecule has 2 heteroatoms. The van der Waals surface area contributed by atoms with Crippen molar-refractivity contribution in [3.63, 3.8) is 0 Å². The zero-order chi connectivity index (χ0) is 7.40. The molecular weight excluding hydrogens is 126 g/mol. The van der Waals surface area contributed by atoms with Crippen LogP contribution in [0.5, 0.6) is 0 Å². The number of rotatable bonds is 3. The lowest BCUT2D eigenvalue weighted by Gasteiger charge is -2.17. The van der Waals surface area contributed by atoms with Crippen LogP contribution >= 0.6 is 0 Å². The summed E-state index contributed by atoms with van der Waals surface area (Å²) in [4.78, 5) is 0. The highest BCUT2D eigenvalue weighted by atomic mass is 16.5. The van der Waals surface area contributed by atoms with E-state index in [9.17, 15) is 0 Å². The third-order valence-corrected chi connectivity index (χ3v) is 2.09. The summed E-state index contributed by atoms with van der Waals surface area (Å²) in [5.74, 6) is 0. The largest absolute Gasteiger partial charge is 0.386 e. The lowest BCUT2D eigenvalue weighted by molar-refractivity contribution is 0.0892. The van der Waals surface area contributed by atoms with Crippen molar-refractivity contribution in [1.29, 1.82) is 0 Å². The number of hydrogen-bond donors (Lipinski definition) is 1. The molecule has 1 rings (SSSR count). The highest BCUT2D eigenvalue weighted by Crippen LogP contribution is 2.21. The molecule has 0 aromatic rings. The molecule has 0 aromatic heterocycles. The molecule has 1 fully saturated rings. The van der Waals surface area contributed by atoms with Gasteiger partial charge in [0, 0.05) is 7.11 Å². The maximum Gasteiger partial charge on any atom is 0.0772 e. The Morgan fingerprint density at radius 2 is 2.40 bits per heavy atom. The van der Waals surface area contributed by atoms with Crippen LogP contribution in [0.15, 0.2) is 12.8 Å². The molecule has 58 valence electrons. The van der Waals surface area contributed by atoms with Gasteiger partial charge >= 0.3 is 0 Å². The fourth-order valence-corrected chi connectivity index (χ4v) is 1.55. The Labute approximate surface area is 62.3 Å². The van der Waals surface area contributed by atoms with E-state index in [4.69, 9.17) is 4.74 Å². The summed E-state index contributed by atoms with van der Waals surface area (Å²) < 4.78 is 5.27. The predicted octanol–water partition coefficient (Wildman–Crippen LogP) is 1.29. The second kappa shape index (κ2) is 3.62. The third kappa shape index (κ3) is 1.51. The number of ether oxygens (including phenoxy) is 1. The van der Waals surface area contributed by atoms with Gasteiger partial charge in [-0.1, -0.05) is 6.58 Å². The molecule has 2 atom stereocenters. The van der Waals surface area contributed by atoms with Crippen LogP contribution in [-0.2, 0) is 4.74 Å². The van der Waals surface area contributed by atoms with Gasteiger partial charge in [0.25, 0.3) is 0 Å². The molecular formula is C8H15NO. The summed E-state index contributed by atoms with van der Waals surface area (Å²) in [5.41, 5.74) is 0. The summed E-state index contributed by atoms with van der Waals surface area (Å²) >= 11 is 0. The minimum Gasteiger partial charge on any atom is -0.386 e. The van der Waals surface area contributed by atoms with Crippen molar-refractivity contribution in [1.82, 2.24) is 5.32 Å². The summed E-state index contributed by atoms with van der Waals surface area (Å²) in [6.07, 6.45) is 5.82. The molecule has 1 aliphatic carbocycles. The lowest BCUT2D eigenvalue weighted by atomic mass is 10.2. The molecule has 0 aromatic carbocycles. The number of nitrogens with one attached hydrogen (secondary N) is 1. The molecule has 0 amide bonds. The minimum atomic E-state index is 0.401. The molecule has 0 unspecified atom stereocenters. The Morgan fingerprint density at radius 1 is 1.60 bits per heavy atom. The zero-order valence-electron chi connectivity index (χ0n) is 6.47. The first-order valence-corrected chi connectivity index (χ1v) is 3.78. The van der Waals surface area contributed by atoms with Gasteiger partial charge in [-0.15, -0.1) is 0 Å². The Bertz CT molecular complexity index is 114. The molecule has 0 saturated heterocycles. The Balaban J connectivity index is 2.34. The highest BCUT2D eigenvalue weighted by Gasteiger charge is 2.25. The minimum absolute atomic E-state index is 0.401. The van der Waals surface area contributed by atoms with E-state index in [0.29, 0.717) is 12.1 Å². The first kappa shape index (κ1) is 7.61. The van der Waals surface area contributed by atoms with Crippen molar-refractivity contribution in [3.05, 3.63) is 12.8 Å². The van der Waals surface area contributed by atoms with Gasteiger partial charge < -0.3 is 10.1 Å². The van der Waals surface area contributed by atoms with Gasteiger partial charge in [0.2, 0.25) is 0 Å². The van der Waals surface area contributed by atoms with Crippen molar-refractivity contribution in [2.45, 2.75) is 31.4 Å². The molecule has 0 spiro atoms. The average molecular weight is 141 g/mol. The molecule has 10 heavy (non-hydrogen) atoms. The van der Waals surface area contributed by atoms with E-state index in [1.165, 1.54) is 19.3 Å². The van der Waals surface area contributed by atoms with Crippen LogP contribution in [0.2, 0.25) is 0 Å². The normalized spacial score (nSPS) is 32.1. The van der Waals surface area contributed by atoms with E-state index >= 15 is 0 Å². The maximum atomic E-state index is 5.27. The Hall–Kier alpha value is -0.500. The second-order valence-electron chi connectivity index (χ2n) is 2.68. The van der Waals surface area contributed by atoms with Crippen molar-refractivity contribution in [2.75, 3.05) is 7.11 Å². The summed E-state index contributed by atoms with van der Waals surface area (Å²) in [6, 6.07) is 0.502. The van der Waals surface area contributed by atoms with Crippen LogP contribution in [0.25, 0.3) is 0 Å². The standard InChI is InChI=1S/C8H15NO/c1-3-9-7-5-4-6-8(7)10-2/h3,7-9H,1,4-6H2,2H3/t7-,8-/m0/s1. The summed E-state index contributed by atoms with van der Waals surface area (Å²) in [6.45, 7) is 3.63. The topological polar surface area (TPSA) is 21.3 Å². The summed E-state index contributed by atoms with van der Waals surface area (Å²) in [7, 11) is 1.77. The van der Waals surface area contributed by atoms with E-state index in [-0.39, 0.29) is 0 Å². The predicted molar refractivity (Wildman–Crippen MR) is 41.8 cm³/mol. The molecule has 0 radical (unpaired) electrons. The zero-order valence-corrected chi connectivity index (χ0v) is 6.47. The van der Waals surface area contributed by atoms with Gasteiger partial charge in [0.1, 0.15) is 0 Å². The molecule has 2 nitrogen and oxygen atoms in total. The van der Waals surface area contributed by atoms with Gasteiger partial charge in [-0.3, -0.25) is 0 Å². The lowest BCUT2D eigenvalue weighted by Crippen LogP contribution is -2.32. The van der Waals surface area contributed by atoms with E-state index < -0.39 is 0 Å². The van der Waals surface area contributed by atoms with E-state index in [0.717, 1.165) is 0 Å². The van der Waals surface area contributed by atoms with Crippen LogP contribution in [0.3, 0.4) is 0 Å². The molecule has 0 heterocycles. The van der Waals surface area contributed by atoms with Gasteiger partial charge in [-0.2, -0.15) is 0 Å². The van der Waals surface area contributed by atoms with Crippen LogP contribution in [0.1, 0.15) is 19.3 Å². The van der Waals surface area contributed by atoms with Crippen LogP contribution in [-0.4, -0.2) is 19.3 Å². The van der Waals surface area contributed by atoms with Crippen LogP contribution in [0.4, 0.5) is 0 Å². The van der Waals surface area contributed by atoms with Crippen LogP contribution < -0.4 is 5.32 Å². The monoisotopic (exact) mass is 141 g/mol. The van der Waals surface area contributed by atoms with E-state index in [1.807, 2.05) is 0 Å². The molecule has 1 saturated carbocycles. The Morgan fingerprint density at radius 3 is 3.00 bits per heavy atom. The molecule has 0 aliphatic heterocycles. The van der Waals surface area contributed by atoms with Gasteiger partial charge in [0.05, 0.1) is 12.1 Å². The molecule has 1 N–H and O–H groups in total. The van der Waals surface area contributed by atoms with Crippen molar-refractivity contribution in [2.24, 2.45) is 0 Å². The van der Waals surface area contributed by atoms with Crippen LogP contribution in [0, 0.1) is 0 Å². The molecule has 0 bridgehead atoms. The first-order valence-electron chi connectivity index (χ1n) is 3.78. The second-order valence-corrected chi connectivity index (χ2v) is 2.68. The fraction of sp³-hybridized carbons (Fsp3) is 0.750. The highest BCUT2D eigenvalue weighted by molar-refractivity contribution is 4.86. The van der Waals surface area contributed by atoms with E-state index in [1.54, 1.807) is 13.3 Å². The van der Waals surface area contributed by atoms with Gasteiger partial charge in [0.15, 0.2) is 0 Å². The quantitative estimate of drug-likeness (QED) is 0.639. The van der Waals surface area contributed by atoms with Gasteiger partial charge in [-0.25, -0.2) is 0 Å². The van der Waals surface area contributed by atoms with E-state index in [2.05, 4.69) is 11.9 Å². The average Bonchev–Trinajstić information content (AvgIpc) is 2.36. The fourth-order valence-electron chi connectivity index (χ4n) is 1.55. The number of hydrogen-bond acceptors (Lipinski definition) is 2. The maximum absolute atomic E-state index is 5.27. The molecule has 1 aliphatic rings. The van der Waals surface area contributed by atoms with Gasteiger partial charge in [-0.05, 0) is 25.5 Å². The first-order chi connectivity index (χ1) is 4.88. The Kier molecular flexibility index (Phi) is 2.75. The smallest absolute Gasteiger partial charge is 0.0772 e.